The average Bonchev–Trinajstić information content (AvgIpc) is 2.84. The molecule has 0 saturated heterocycles. The first-order chi connectivity index (χ1) is 15.3. The molecule has 0 bridgehead atoms. The van der Waals surface area contributed by atoms with Gasteiger partial charge < -0.3 is 4.74 Å². The maximum atomic E-state index is 13.5. The molecule has 1 saturated carbocycles. The first-order valence-electron chi connectivity index (χ1n) is 11.1. The summed E-state index contributed by atoms with van der Waals surface area (Å²) in [5.41, 5.74) is 2.84. The predicted molar refractivity (Wildman–Crippen MR) is 124 cm³/mol. The van der Waals surface area contributed by atoms with Gasteiger partial charge in [0, 0.05) is 11.6 Å². The first-order valence-corrected chi connectivity index (χ1v) is 11.1. The summed E-state index contributed by atoms with van der Waals surface area (Å²) in [5.74, 6) is 1.51. The highest BCUT2D eigenvalue weighted by molar-refractivity contribution is 5.79. The van der Waals surface area contributed by atoms with Crippen LogP contribution in [0.5, 0.6) is 5.75 Å². The van der Waals surface area contributed by atoms with Crippen LogP contribution in [-0.4, -0.2) is 9.55 Å². The largest absolute Gasteiger partial charge is 0.489 e. The maximum Gasteiger partial charge on any atom is 0.261 e. The molecule has 0 atom stereocenters. The van der Waals surface area contributed by atoms with E-state index in [1.807, 2.05) is 71.3 Å². The van der Waals surface area contributed by atoms with E-state index in [1.165, 1.54) is 6.42 Å². The molecular formula is C27H26N2O2. The lowest BCUT2D eigenvalue weighted by Gasteiger charge is -2.26. The summed E-state index contributed by atoms with van der Waals surface area (Å²) in [6, 6.07) is 25.9. The second-order valence-corrected chi connectivity index (χ2v) is 8.22. The lowest BCUT2D eigenvalue weighted by Crippen LogP contribution is -2.29. The fourth-order valence-electron chi connectivity index (χ4n) is 4.49. The van der Waals surface area contributed by atoms with Crippen molar-refractivity contribution in [2.75, 3.05) is 0 Å². The van der Waals surface area contributed by atoms with Crippen molar-refractivity contribution < 1.29 is 4.74 Å². The highest BCUT2D eigenvalue weighted by Crippen LogP contribution is 2.32. The Morgan fingerprint density at radius 2 is 1.65 bits per heavy atom. The Labute approximate surface area is 182 Å². The van der Waals surface area contributed by atoms with Gasteiger partial charge >= 0.3 is 0 Å². The number of hydrogen-bond donors (Lipinski definition) is 0. The SMILES string of the molecule is O=c1c2ccccc2nc(-c2cccc(OCc3ccccc3)c2)n1C1CCCCC1. The zero-order chi connectivity index (χ0) is 21.0. The summed E-state index contributed by atoms with van der Waals surface area (Å²) in [6.45, 7) is 0.505. The standard InChI is InChI=1S/C27H26N2O2/c30-27-24-16-7-8-17-25(24)28-26(29(27)22-13-5-2-6-14-22)21-12-9-15-23(18-21)31-19-20-10-3-1-4-11-20/h1,3-4,7-12,15-18,22H,2,5-6,13-14,19H2. The summed E-state index contributed by atoms with van der Waals surface area (Å²) < 4.78 is 7.98. The van der Waals surface area contributed by atoms with Crippen LogP contribution in [0.15, 0.2) is 83.7 Å². The van der Waals surface area contributed by atoms with E-state index in [0.29, 0.717) is 12.0 Å². The molecule has 0 radical (unpaired) electrons. The minimum atomic E-state index is 0.0584. The lowest BCUT2D eigenvalue weighted by molar-refractivity contribution is 0.306. The Morgan fingerprint density at radius 3 is 2.48 bits per heavy atom. The van der Waals surface area contributed by atoms with E-state index in [9.17, 15) is 4.79 Å². The quantitative estimate of drug-likeness (QED) is 0.396. The van der Waals surface area contributed by atoms with Gasteiger partial charge in [0.25, 0.3) is 5.56 Å². The Balaban J connectivity index is 1.56. The van der Waals surface area contributed by atoms with Gasteiger partial charge in [0.1, 0.15) is 18.2 Å². The molecule has 1 aromatic heterocycles. The van der Waals surface area contributed by atoms with Crippen LogP contribution >= 0.6 is 0 Å². The van der Waals surface area contributed by atoms with Gasteiger partial charge in [-0.25, -0.2) is 4.98 Å². The molecule has 5 rings (SSSR count). The number of nitrogens with zero attached hydrogens (tertiary/aromatic N) is 2. The topological polar surface area (TPSA) is 44.1 Å². The third-order valence-electron chi connectivity index (χ3n) is 6.09. The van der Waals surface area contributed by atoms with Crippen molar-refractivity contribution in [1.29, 1.82) is 0 Å². The molecule has 4 aromatic rings. The normalized spacial score (nSPS) is 14.6. The molecule has 1 aliphatic rings. The van der Waals surface area contributed by atoms with Crippen LogP contribution in [-0.2, 0) is 6.61 Å². The van der Waals surface area contributed by atoms with Crippen molar-refractivity contribution in [2.24, 2.45) is 0 Å². The summed E-state index contributed by atoms with van der Waals surface area (Å²) >= 11 is 0. The summed E-state index contributed by atoms with van der Waals surface area (Å²) in [7, 11) is 0. The maximum absolute atomic E-state index is 13.5. The number of para-hydroxylation sites is 1. The van der Waals surface area contributed by atoms with Gasteiger partial charge in [0.15, 0.2) is 0 Å². The average molecular weight is 411 g/mol. The van der Waals surface area contributed by atoms with Crippen LogP contribution in [0.2, 0.25) is 0 Å². The van der Waals surface area contributed by atoms with Crippen LogP contribution in [0.1, 0.15) is 43.7 Å². The van der Waals surface area contributed by atoms with E-state index in [0.717, 1.165) is 53.9 Å². The van der Waals surface area contributed by atoms with Gasteiger partial charge in [-0.15, -0.1) is 0 Å². The lowest BCUT2D eigenvalue weighted by atomic mass is 9.94. The Bertz CT molecular complexity index is 1240. The van der Waals surface area contributed by atoms with E-state index < -0.39 is 0 Å². The number of ether oxygens (including phenoxy) is 1. The van der Waals surface area contributed by atoms with Crippen molar-refractivity contribution in [3.05, 3.63) is 94.8 Å². The number of rotatable bonds is 5. The highest BCUT2D eigenvalue weighted by atomic mass is 16.5. The van der Waals surface area contributed by atoms with E-state index in [1.54, 1.807) is 0 Å². The van der Waals surface area contributed by atoms with Gasteiger partial charge in [0.05, 0.1) is 10.9 Å². The Morgan fingerprint density at radius 1 is 0.871 bits per heavy atom. The minimum absolute atomic E-state index is 0.0584. The van der Waals surface area contributed by atoms with Crippen LogP contribution in [0.25, 0.3) is 22.3 Å². The van der Waals surface area contributed by atoms with E-state index in [2.05, 4.69) is 12.1 Å². The van der Waals surface area contributed by atoms with Crippen LogP contribution in [0, 0.1) is 0 Å². The Hall–Kier alpha value is -3.40. The van der Waals surface area contributed by atoms with Crippen molar-refractivity contribution in [3.63, 3.8) is 0 Å². The van der Waals surface area contributed by atoms with Crippen molar-refractivity contribution in [3.8, 4) is 17.1 Å². The smallest absolute Gasteiger partial charge is 0.261 e. The highest BCUT2D eigenvalue weighted by Gasteiger charge is 2.22. The molecule has 4 heteroatoms. The van der Waals surface area contributed by atoms with Crippen LogP contribution in [0.3, 0.4) is 0 Å². The molecule has 1 aliphatic carbocycles. The second-order valence-electron chi connectivity index (χ2n) is 8.22. The minimum Gasteiger partial charge on any atom is -0.489 e. The van der Waals surface area contributed by atoms with Gasteiger partial charge in [-0.3, -0.25) is 9.36 Å². The summed E-state index contributed by atoms with van der Waals surface area (Å²) in [5, 5.41) is 0.688. The van der Waals surface area contributed by atoms with Crippen LogP contribution in [0.4, 0.5) is 0 Å². The number of hydrogen-bond acceptors (Lipinski definition) is 3. The monoisotopic (exact) mass is 410 g/mol. The van der Waals surface area contributed by atoms with Gasteiger partial charge in [-0.05, 0) is 42.7 Å². The molecule has 0 amide bonds. The Kier molecular flexibility index (Phi) is 5.53. The van der Waals surface area contributed by atoms with Gasteiger partial charge in [0.2, 0.25) is 0 Å². The van der Waals surface area contributed by atoms with E-state index in [-0.39, 0.29) is 11.6 Å². The van der Waals surface area contributed by atoms with Crippen LogP contribution < -0.4 is 10.3 Å². The van der Waals surface area contributed by atoms with Crippen molar-refractivity contribution in [2.45, 2.75) is 44.8 Å². The molecule has 0 N–H and O–H groups in total. The molecular weight excluding hydrogens is 384 g/mol. The van der Waals surface area contributed by atoms with Crippen molar-refractivity contribution in [1.82, 2.24) is 9.55 Å². The number of benzene rings is 3. The van der Waals surface area contributed by atoms with E-state index >= 15 is 0 Å². The van der Waals surface area contributed by atoms with E-state index in [4.69, 9.17) is 9.72 Å². The zero-order valence-corrected chi connectivity index (χ0v) is 17.5. The first kappa shape index (κ1) is 19.6. The molecule has 0 aliphatic heterocycles. The second kappa shape index (κ2) is 8.76. The molecule has 4 nitrogen and oxygen atoms in total. The number of aromatic nitrogens is 2. The molecule has 156 valence electrons. The van der Waals surface area contributed by atoms with Gasteiger partial charge in [-0.1, -0.05) is 73.9 Å². The molecule has 0 unspecified atom stereocenters. The molecule has 1 fully saturated rings. The van der Waals surface area contributed by atoms with Crippen molar-refractivity contribution >= 4 is 10.9 Å². The summed E-state index contributed by atoms with van der Waals surface area (Å²) in [6.07, 6.45) is 5.60. The molecule has 1 heterocycles. The third-order valence-corrected chi connectivity index (χ3v) is 6.09. The fraction of sp³-hybridized carbons (Fsp3) is 0.259. The third kappa shape index (κ3) is 4.11. The molecule has 0 spiro atoms. The summed E-state index contributed by atoms with van der Waals surface area (Å²) in [4.78, 5) is 18.5. The van der Waals surface area contributed by atoms with Gasteiger partial charge in [-0.2, -0.15) is 0 Å². The number of fused-ring (bicyclic) bond motifs is 1. The zero-order valence-electron chi connectivity index (χ0n) is 17.5. The predicted octanol–water partition coefficient (Wildman–Crippen LogP) is 6.15. The molecule has 3 aromatic carbocycles. The fourth-order valence-corrected chi connectivity index (χ4v) is 4.49. The molecule has 31 heavy (non-hydrogen) atoms.